The summed E-state index contributed by atoms with van der Waals surface area (Å²) in [4.78, 5) is 14.0. The molecule has 9 heteroatoms. The molecule has 0 atom stereocenters. The zero-order valence-electron chi connectivity index (χ0n) is 18.0. The van der Waals surface area contributed by atoms with Crippen molar-refractivity contribution in [1.29, 1.82) is 0 Å². The summed E-state index contributed by atoms with van der Waals surface area (Å²) in [7, 11) is -4.15. The van der Waals surface area contributed by atoms with Crippen molar-refractivity contribution in [2.75, 3.05) is 36.4 Å². The van der Waals surface area contributed by atoms with Crippen molar-refractivity contribution in [2.24, 2.45) is 0 Å². The molecule has 1 N–H and O–H groups in total. The third-order valence-electron chi connectivity index (χ3n) is 5.52. The van der Waals surface area contributed by atoms with Gasteiger partial charge in [-0.3, -0.25) is 4.79 Å². The SMILES string of the molecule is Cc1cccc(NC(=O)c2ccc(F)c(S(=O)(=O)N3CCN(c4ccc(F)cc4)CC3)c2)c1. The predicted molar refractivity (Wildman–Crippen MR) is 123 cm³/mol. The fraction of sp³-hybridized carbons (Fsp3) is 0.208. The Hall–Kier alpha value is -3.30. The standard InChI is InChI=1S/C24H23F2N3O3S/c1-17-3-2-4-20(15-17)27-24(30)18-5-10-22(26)23(16-18)33(31,32)29-13-11-28(12-14-29)21-8-6-19(25)7-9-21/h2-10,15-16H,11-14H2,1H3,(H,27,30). The van der Waals surface area contributed by atoms with Crippen LogP contribution in [0.1, 0.15) is 15.9 Å². The maximum atomic E-state index is 14.6. The summed E-state index contributed by atoms with van der Waals surface area (Å²) < 4.78 is 55.2. The second-order valence-electron chi connectivity index (χ2n) is 7.84. The van der Waals surface area contributed by atoms with Crippen molar-refractivity contribution in [3.8, 4) is 0 Å². The number of carbonyl (C=O) groups is 1. The molecule has 1 saturated heterocycles. The lowest BCUT2D eigenvalue weighted by molar-refractivity contribution is 0.102. The molecule has 33 heavy (non-hydrogen) atoms. The molecule has 0 bridgehead atoms. The Labute approximate surface area is 191 Å². The molecule has 0 spiro atoms. The van der Waals surface area contributed by atoms with Gasteiger partial charge in [0, 0.05) is 43.1 Å². The van der Waals surface area contributed by atoms with Crippen LogP contribution in [0.2, 0.25) is 0 Å². The Kier molecular flexibility index (Phi) is 6.44. The van der Waals surface area contributed by atoms with E-state index in [0.29, 0.717) is 18.8 Å². The highest BCUT2D eigenvalue weighted by Gasteiger charge is 2.31. The minimum atomic E-state index is -4.15. The van der Waals surface area contributed by atoms with Gasteiger partial charge in [0.1, 0.15) is 16.5 Å². The molecule has 1 fully saturated rings. The second-order valence-corrected chi connectivity index (χ2v) is 9.74. The van der Waals surface area contributed by atoms with Gasteiger partial charge in [0.2, 0.25) is 10.0 Å². The molecule has 3 aromatic carbocycles. The second kappa shape index (κ2) is 9.29. The number of rotatable bonds is 5. The number of sulfonamides is 1. The highest BCUT2D eigenvalue weighted by atomic mass is 32.2. The van der Waals surface area contributed by atoms with Crippen LogP contribution in [0.3, 0.4) is 0 Å². The summed E-state index contributed by atoms with van der Waals surface area (Å²) in [5.74, 6) is -1.79. The third kappa shape index (κ3) is 5.04. The average molecular weight is 472 g/mol. The quantitative estimate of drug-likeness (QED) is 0.610. The summed E-state index contributed by atoms with van der Waals surface area (Å²) in [6.45, 7) is 2.91. The van der Waals surface area contributed by atoms with Gasteiger partial charge >= 0.3 is 0 Å². The Balaban J connectivity index is 1.50. The molecule has 3 aromatic rings. The minimum absolute atomic E-state index is 0.0430. The number of benzene rings is 3. The van der Waals surface area contributed by atoms with Gasteiger partial charge in [0.15, 0.2) is 0 Å². The largest absolute Gasteiger partial charge is 0.369 e. The zero-order valence-corrected chi connectivity index (χ0v) is 18.8. The van der Waals surface area contributed by atoms with E-state index >= 15 is 0 Å². The lowest BCUT2D eigenvalue weighted by atomic mass is 10.2. The lowest BCUT2D eigenvalue weighted by Crippen LogP contribution is -2.48. The first-order chi connectivity index (χ1) is 15.7. The number of aryl methyl sites for hydroxylation is 1. The normalized spacial score (nSPS) is 14.8. The molecule has 1 amide bonds. The fourth-order valence-corrected chi connectivity index (χ4v) is 5.26. The first-order valence-corrected chi connectivity index (χ1v) is 11.9. The van der Waals surface area contributed by atoms with E-state index in [1.54, 1.807) is 30.3 Å². The fourth-order valence-electron chi connectivity index (χ4n) is 3.75. The van der Waals surface area contributed by atoms with Crippen molar-refractivity contribution < 1.29 is 22.0 Å². The summed E-state index contributed by atoms with van der Waals surface area (Å²) in [6, 6.07) is 16.5. The van der Waals surface area contributed by atoms with Crippen molar-refractivity contribution >= 4 is 27.3 Å². The summed E-state index contributed by atoms with van der Waals surface area (Å²) >= 11 is 0. The van der Waals surface area contributed by atoms with Gasteiger partial charge in [-0.25, -0.2) is 17.2 Å². The Bertz CT molecular complexity index is 1270. The molecule has 0 aliphatic carbocycles. The van der Waals surface area contributed by atoms with Gasteiger partial charge in [0.25, 0.3) is 5.91 Å². The van der Waals surface area contributed by atoms with Crippen LogP contribution in [0.15, 0.2) is 71.6 Å². The number of anilines is 2. The van der Waals surface area contributed by atoms with Gasteiger partial charge in [-0.2, -0.15) is 4.31 Å². The molecule has 4 rings (SSSR count). The zero-order chi connectivity index (χ0) is 23.6. The number of carbonyl (C=O) groups excluding carboxylic acids is 1. The molecule has 172 valence electrons. The monoisotopic (exact) mass is 471 g/mol. The van der Waals surface area contributed by atoms with E-state index in [4.69, 9.17) is 0 Å². The smallest absolute Gasteiger partial charge is 0.255 e. The van der Waals surface area contributed by atoms with E-state index < -0.39 is 26.6 Å². The Morgan fingerprint density at radius 1 is 0.909 bits per heavy atom. The van der Waals surface area contributed by atoms with Crippen LogP contribution >= 0.6 is 0 Å². The molecule has 1 aliphatic heterocycles. The molecule has 1 aliphatic rings. The molecule has 1 heterocycles. The van der Waals surface area contributed by atoms with E-state index in [0.717, 1.165) is 23.4 Å². The molecular weight excluding hydrogens is 448 g/mol. The van der Waals surface area contributed by atoms with Gasteiger partial charge in [0.05, 0.1) is 0 Å². The van der Waals surface area contributed by atoms with E-state index in [1.807, 2.05) is 17.9 Å². The topological polar surface area (TPSA) is 69.7 Å². The third-order valence-corrected chi connectivity index (χ3v) is 7.43. The predicted octanol–water partition coefficient (Wildman–Crippen LogP) is 4.04. The van der Waals surface area contributed by atoms with E-state index in [1.165, 1.54) is 22.5 Å². The maximum Gasteiger partial charge on any atom is 0.255 e. The summed E-state index contributed by atoms with van der Waals surface area (Å²) in [5.41, 5.74) is 2.34. The van der Waals surface area contributed by atoms with Gasteiger partial charge in [-0.15, -0.1) is 0 Å². The number of halogens is 2. The summed E-state index contributed by atoms with van der Waals surface area (Å²) in [6.07, 6.45) is 0. The van der Waals surface area contributed by atoms with Gasteiger partial charge in [-0.05, 0) is 67.1 Å². The van der Waals surface area contributed by atoms with Crippen LogP contribution in [0, 0.1) is 18.6 Å². The van der Waals surface area contributed by atoms with Crippen LogP contribution in [-0.4, -0.2) is 44.8 Å². The molecular formula is C24H23F2N3O3S. The van der Waals surface area contributed by atoms with Gasteiger partial charge in [-0.1, -0.05) is 12.1 Å². The van der Waals surface area contributed by atoms with Crippen LogP contribution in [-0.2, 0) is 10.0 Å². The highest BCUT2D eigenvalue weighted by Crippen LogP contribution is 2.24. The van der Waals surface area contributed by atoms with Crippen LogP contribution in [0.5, 0.6) is 0 Å². The lowest BCUT2D eigenvalue weighted by Gasteiger charge is -2.35. The van der Waals surface area contributed by atoms with Crippen molar-refractivity contribution in [3.63, 3.8) is 0 Å². The molecule has 0 radical (unpaired) electrons. The van der Waals surface area contributed by atoms with Crippen LogP contribution in [0.4, 0.5) is 20.2 Å². The molecule has 0 aromatic heterocycles. The highest BCUT2D eigenvalue weighted by molar-refractivity contribution is 7.89. The van der Waals surface area contributed by atoms with Crippen molar-refractivity contribution in [1.82, 2.24) is 4.31 Å². The van der Waals surface area contributed by atoms with E-state index in [2.05, 4.69) is 5.32 Å². The average Bonchev–Trinajstić information content (AvgIpc) is 2.80. The molecule has 6 nitrogen and oxygen atoms in total. The first-order valence-electron chi connectivity index (χ1n) is 10.4. The Morgan fingerprint density at radius 2 is 1.61 bits per heavy atom. The Morgan fingerprint density at radius 3 is 2.27 bits per heavy atom. The van der Waals surface area contributed by atoms with Crippen LogP contribution < -0.4 is 10.2 Å². The number of piperazine rings is 1. The molecule has 0 unspecified atom stereocenters. The van der Waals surface area contributed by atoms with E-state index in [9.17, 15) is 22.0 Å². The number of amides is 1. The maximum absolute atomic E-state index is 14.6. The summed E-state index contributed by atoms with van der Waals surface area (Å²) in [5, 5.41) is 2.70. The van der Waals surface area contributed by atoms with Gasteiger partial charge < -0.3 is 10.2 Å². The van der Waals surface area contributed by atoms with Crippen molar-refractivity contribution in [3.05, 3.63) is 89.5 Å². The number of hydrogen-bond acceptors (Lipinski definition) is 4. The first kappa shape index (κ1) is 22.9. The number of hydrogen-bond donors (Lipinski definition) is 1. The number of nitrogens with one attached hydrogen (secondary N) is 1. The number of nitrogens with zero attached hydrogens (tertiary/aromatic N) is 2. The van der Waals surface area contributed by atoms with E-state index in [-0.39, 0.29) is 24.5 Å². The van der Waals surface area contributed by atoms with Crippen LogP contribution in [0.25, 0.3) is 0 Å². The van der Waals surface area contributed by atoms with Crippen molar-refractivity contribution in [2.45, 2.75) is 11.8 Å². The molecule has 0 saturated carbocycles. The minimum Gasteiger partial charge on any atom is -0.369 e.